The lowest BCUT2D eigenvalue weighted by Gasteiger charge is -2.18. The summed E-state index contributed by atoms with van der Waals surface area (Å²) in [6.45, 7) is 3.91. The van der Waals surface area contributed by atoms with Crippen LogP contribution in [0.1, 0.15) is 43.6 Å². The van der Waals surface area contributed by atoms with Crippen molar-refractivity contribution < 1.29 is 4.79 Å². The first-order valence-electron chi connectivity index (χ1n) is 8.37. The second kappa shape index (κ2) is 7.70. The van der Waals surface area contributed by atoms with Gasteiger partial charge in [0.1, 0.15) is 5.82 Å². The van der Waals surface area contributed by atoms with Crippen molar-refractivity contribution >= 4 is 5.91 Å². The largest absolute Gasteiger partial charge is 0.346 e. The van der Waals surface area contributed by atoms with Gasteiger partial charge in [-0.15, -0.1) is 0 Å². The lowest BCUT2D eigenvalue weighted by atomic mass is 9.95. The van der Waals surface area contributed by atoms with E-state index in [2.05, 4.69) is 25.5 Å². The van der Waals surface area contributed by atoms with Crippen molar-refractivity contribution in [2.24, 2.45) is 0 Å². The van der Waals surface area contributed by atoms with Gasteiger partial charge in [-0.1, -0.05) is 37.3 Å². The van der Waals surface area contributed by atoms with Gasteiger partial charge in [0.15, 0.2) is 5.82 Å². The molecule has 25 heavy (non-hydrogen) atoms. The van der Waals surface area contributed by atoms with Gasteiger partial charge in [-0.3, -0.25) is 14.9 Å². The minimum atomic E-state index is -0.256. The number of amides is 1. The number of carbonyl (C=O) groups excluding carboxylic acids is 1. The van der Waals surface area contributed by atoms with Crippen LogP contribution < -0.4 is 5.32 Å². The van der Waals surface area contributed by atoms with Gasteiger partial charge >= 0.3 is 0 Å². The minimum Gasteiger partial charge on any atom is -0.346 e. The number of pyridine rings is 1. The van der Waals surface area contributed by atoms with Crippen LogP contribution in [0.5, 0.6) is 0 Å². The molecule has 0 saturated carbocycles. The highest BCUT2D eigenvalue weighted by atomic mass is 16.1. The Morgan fingerprint density at radius 1 is 1.16 bits per heavy atom. The molecule has 2 heterocycles. The quantitative estimate of drug-likeness (QED) is 0.724. The van der Waals surface area contributed by atoms with E-state index in [1.165, 1.54) is 0 Å². The minimum absolute atomic E-state index is 0.0111. The van der Waals surface area contributed by atoms with Crippen molar-refractivity contribution in [2.45, 2.75) is 32.2 Å². The molecule has 2 aromatic heterocycles. The number of H-pyrrole nitrogens is 1. The number of carbonyl (C=O) groups is 1. The molecule has 0 bridgehead atoms. The fourth-order valence-electron chi connectivity index (χ4n) is 2.74. The molecule has 2 N–H and O–H groups in total. The number of hydrogen-bond acceptors (Lipinski definition) is 4. The van der Waals surface area contributed by atoms with E-state index >= 15 is 0 Å². The van der Waals surface area contributed by atoms with Gasteiger partial charge in [0.25, 0.3) is 0 Å². The van der Waals surface area contributed by atoms with E-state index in [1.807, 2.05) is 56.3 Å². The molecular formula is C19H21N5O. The Balaban J connectivity index is 1.70. The molecule has 0 fully saturated rings. The lowest BCUT2D eigenvalue weighted by molar-refractivity contribution is -0.123. The Morgan fingerprint density at radius 2 is 1.88 bits per heavy atom. The van der Waals surface area contributed by atoms with E-state index in [4.69, 9.17) is 0 Å². The van der Waals surface area contributed by atoms with Crippen molar-refractivity contribution in [2.75, 3.05) is 0 Å². The third kappa shape index (κ3) is 3.91. The van der Waals surface area contributed by atoms with Crippen LogP contribution in [0.3, 0.4) is 0 Å². The summed E-state index contributed by atoms with van der Waals surface area (Å²) in [5, 5.41) is 10.2. The Morgan fingerprint density at radius 3 is 2.56 bits per heavy atom. The number of rotatable bonds is 6. The van der Waals surface area contributed by atoms with Crippen molar-refractivity contribution in [3.8, 4) is 11.4 Å². The predicted octanol–water partition coefficient (Wildman–Crippen LogP) is 3.24. The number of benzene rings is 1. The topological polar surface area (TPSA) is 83.6 Å². The summed E-state index contributed by atoms with van der Waals surface area (Å²) in [6.07, 6.45) is 4.13. The molecule has 0 unspecified atom stereocenters. The van der Waals surface area contributed by atoms with Crippen molar-refractivity contribution in [3.05, 3.63) is 66.2 Å². The Kier molecular flexibility index (Phi) is 5.18. The van der Waals surface area contributed by atoms with Gasteiger partial charge < -0.3 is 5.32 Å². The summed E-state index contributed by atoms with van der Waals surface area (Å²) in [5.41, 5.74) is 1.90. The van der Waals surface area contributed by atoms with Crippen LogP contribution in [-0.2, 0) is 4.79 Å². The summed E-state index contributed by atoms with van der Waals surface area (Å²) in [6, 6.07) is 13.2. The van der Waals surface area contributed by atoms with Crippen LogP contribution >= 0.6 is 0 Å². The molecule has 1 aromatic carbocycles. The van der Waals surface area contributed by atoms with E-state index in [1.54, 1.807) is 12.4 Å². The molecule has 0 spiro atoms. The number of hydrogen-bond donors (Lipinski definition) is 2. The second-order valence-electron chi connectivity index (χ2n) is 5.88. The third-order valence-electron chi connectivity index (χ3n) is 4.14. The van der Waals surface area contributed by atoms with Crippen LogP contribution in [0, 0.1) is 0 Å². The number of aromatic nitrogens is 4. The van der Waals surface area contributed by atoms with Crippen molar-refractivity contribution in [1.82, 2.24) is 25.5 Å². The van der Waals surface area contributed by atoms with Gasteiger partial charge in [0.05, 0.1) is 12.0 Å². The molecule has 0 aliphatic carbocycles. The summed E-state index contributed by atoms with van der Waals surface area (Å²) >= 11 is 0. The van der Waals surface area contributed by atoms with E-state index < -0.39 is 0 Å². The van der Waals surface area contributed by atoms with Gasteiger partial charge in [-0.2, -0.15) is 5.10 Å². The zero-order valence-electron chi connectivity index (χ0n) is 14.3. The first kappa shape index (κ1) is 16.8. The normalized spacial score (nSPS) is 13.2. The maximum Gasteiger partial charge on any atom is 0.228 e. The highest BCUT2D eigenvalue weighted by molar-refractivity contribution is 5.83. The first-order valence-corrected chi connectivity index (χ1v) is 8.37. The van der Waals surface area contributed by atoms with E-state index in [0.29, 0.717) is 11.6 Å². The number of aromatic amines is 1. The van der Waals surface area contributed by atoms with Gasteiger partial charge in [-0.25, -0.2) is 4.98 Å². The average molecular weight is 335 g/mol. The highest BCUT2D eigenvalue weighted by Crippen LogP contribution is 2.21. The number of nitrogens with one attached hydrogen (secondary N) is 2. The second-order valence-corrected chi connectivity index (χ2v) is 5.88. The zero-order chi connectivity index (χ0) is 17.6. The van der Waals surface area contributed by atoms with Crippen LogP contribution in [0.4, 0.5) is 0 Å². The van der Waals surface area contributed by atoms with Crippen molar-refractivity contribution in [1.29, 1.82) is 0 Å². The maximum atomic E-state index is 12.7. The molecule has 0 saturated heterocycles. The zero-order valence-corrected chi connectivity index (χ0v) is 14.3. The first-order chi connectivity index (χ1) is 12.2. The molecule has 0 aliphatic rings. The maximum absolute atomic E-state index is 12.7. The molecule has 0 radical (unpaired) electrons. The Hall–Kier alpha value is -3.02. The molecule has 6 nitrogen and oxygen atoms in total. The predicted molar refractivity (Wildman–Crippen MR) is 95.6 cm³/mol. The molecule has 3 rings (SSSR count). The molecule has 0 aliphatic heterocycles. The Labute approximate surface area is 146 Å². The summed E-state index contributed by atoms with van der Waals surface area (Å²) in [5.74, 6) is 1.03. The lowest BCUT2D eigenvalue weighted by Crippen LogP contribution is -2.32. The fraction of sp³-hybridized carbons (Fsp3) is 0.263. The van der Waals surface area contributed by atoms with Gasteiger partial charge in [0, 0.05) is 18.0 Å². The van der Waals surface area contributed by atoms with Crippen LogP contribution in [0.25, 0.3) is 11.4 Å². The van der Waals surface area contributed by atoms with E-state index in [9.17, 15) is 4.79 Å². The van der Waals surface area contributed by atoms with Crippen LogP contribution in [0.15, 0.2) is 54.9 Å². The fourth-order valence-corrected chi connectivity index (χ4v) is 2.74. The van der Waals surface area contributed by atoms with Gasteiger partial charge in [0.2, 0.25) is 5.91 Å². The van der Waals surface area contributed by atoms with Gasteiger partial charge in [-0.05, 0) is 31.0 Å². The standard InChI is InChI=1S/C19H21N5O/c1-3-16(14-7-5-4-6-8-14)19(25)21-13(2)17-22-18(24-23-17)15-9-11-20-12-10-15/h4-13,16H,3H2,1-2H3,(H,21,25)(H,22,23,24)/t13-,16-/m0/s1. The summed E-state index contributed by atoms with van der Waals surface area (Å²) in [4.78, 5) is 21.1. The highest BCUT2D eigenvalue weighted by Gasteiger charge is 2.22. The van der Waals surface area contributed by atoms with E-state index in [0.717, 1.165) is 17.5 Å². The van der Waals surface area contributed by atoms with Crippen LogP contribution in [0.2, 0.25) is 0 Å². The molecule has 2 atom stereocenters. The molecule has 1 amide bonds. The molecule has 3 aromatic rings. The molecule has 6 heteroatoms. The number of nitrogens with zero attached hydrogens (tertiary/aromatic N) is 3. The smallest absolute Gasteiger partial charge is 0.228 e. The summed E-state index contributed by atoms with van der Waals surface area (Å²) < 4.78 is 0. The summed E-state index contributed by atoms with van der Waals surface area (Å²) in [7, 11) is 0. The van der Waals surface area contributed by atoms with Crippen molar-refractivity contribution in [3.63, 3.8) is 0 Å². The van der Waals surface area contributed by atoms with E-state index in [-0.39, 0.29) is 17.9 Å². The average Bonchev–Trinajstić information content (AvgIpc) is 3.14. The third-order valence-corrected chi connectivity index (χ3v) is 4.14. The SMILES string of the molecule is CC[C@H](C(=O)N[C@@H](C)c1nc(-c2ccncc2)n[nH]1)c1ccccc1. The molecule has 128 valence electrons. The molecular weight excluding hydrogens is 314 g/mol. The van der Waals surface area contributed by atoms with Crippen LogP contribution in [-0.4, -0.2) is 26.1 Å². The monoisotopic (exact) mass is 335 g/mol. The Bertz CT molecular complexity index is 816.